The number of thiazole rings is 1. The SMILES string of the molecule is Nc1csc(NN=Cc2cccc(OCCOc3ccc(OCc4ccccc4)cc3)c2)n1. The van der Waals surface area contributed by atoms with Crippen LogP contribution in [0, 0.1) is 0 Å². The molecule has 3 N–H and O–H groups in total. The largest absolute Gasteiger partial charge is 0.490 e. The van der Waals surface area contributed by atoms with E-state index in [1.54, 1.807) is 11.6 Å². The lowest BCUT2D eigenvalue weighted by Crippen LogP contribution is -2.09. The van der Waals surface area contributed by atoms with Crippen LogP contribution in [0.1, 0.15) is 11.1 Å². The van der Waals surface area contributed by atoms with Gasteiger partial charge in [0, 0.05) is 5.38 Å². The van der Waals surface area contributed by atoms with Gasteiger partial charge in [-0.1, -0.05) is 42.5 Å². The van der Waals surface area contributed by atoms with Crippen molar-refractivity contribution in [2.75, 3.05) is 24.4 Å². The second-order valence-electron chi connectivity index (χ2n) is 6.96. The van der Waals surface area contributed by atoms with Crippen LogP contribution >= 0.6 is 11.3 Å². The summed E-state index contributed by atoms with van der Waals surface area (Å²) in [5.74, 6) is 2.78. The molecule has 0 aliphatic heterocycles. The molecule has 168 valence electrons. The number of aromatic nitrogens is 1. The van der Waals surface area contributed by atoms with E-state index in [2.05, 4.69) is 15.5 Å². The summed E-state index contributed by atoms with van der Waals surface area (Å²) in [6.45, 7) is 1.38. The zero-order valence-corrected chi connectivity index (χ0v) is 18.7. The van der Waals surface area contributed by atoms with Gasteiger partial charge in [0.15, 0.2) is 0 Å². The number of ether oxygens (including phenoxy) is 3. The summed E-state index contributed by atoms with van der Waals surface area (Å²) in [7, 11) is 0. The van der Waals surface area contributed by atoms with Crippen molar-refractivity contribution in [3.8, 4) is 17.2 Å². The Morgan fingerprint density at radius 3 is 2.30 bits per heavy atom. The minimum atomic E-state index is 0.420. The van der Waals surface area contributed by atoms with E-state index >= 15 is 0 Å². The maximum absolute atomic E-state index is 5.79. The fourth-order valence-electron chi connectivity index (χ4n) is 2.88. The van der Waals surface area contributed by atoms with E-state index in [9.17, 15) is 0 Å². The zero-order chi connectivity index (χ0) is 22.7. The van der Waals surface area contributed by atoms with Gasteiger partial charge in [-0.3, -0.25) is 5.43 Å². The average Bonchev–Trinajstić information content (AvgIpc) is 3.27. The quantitative estimate of drug-likeness (QED) is 0.181. The highest BCUT2D eigenvalue weighted by atomic mass is 32.1. The maximum Gasteiger partial charge on any atom is 0.205 e. The van der Waals surface area contributed by atoms with E-state index in [-0.39, 0.29) is 0 Å². The molecular weight excluding hydrogens is 436 g/mol. The highest BCUT2D eigenvalue weighted by molar-refractivity contribution is 7.14. The molecule has 3 aromatic carbocycles. The number of anilines is 2. The molecule has 0 amide bonds. The molecule has 0 saturated heterocycles. The molecule has 0 bridgehead atoms. The molecule has 0 atom stereocenters. The van der Waals surface area contributed by atoms with E-state index in [4.69, 9.17) is 19.9 Å². The van der Waals surface area contributed by atoms with Crippen LogP contribution in [0.3, 0.4) is 0 Å². The molecule has 0 fully saturated rings. The molecule has 4 aromatic rings. The fourth-order valence-corrected chi connectivity index (χ4v) is 3.42. The van der Waals surface area contributed by atoms with E-state index in [1.165, 1.54) is 11.3 Å². The molecule has 0 aliphatic rings. The summed E-state index contributed by atoms with van der Waals surface area (Å²) in [4.78, 5) is 4.09. The number of nitrogens with zero attached hydrogens (tertiary/aromatic N) is 2. The van der Waals surface area contributed by atoms with Crippen LogP contribution in [0.15, 0.2) is 89.3 Å². The Morgan fingerprint density at radius 2 is 1.58 bits per heavy atom. The van der Waals surface area contributed by atoms with Crippen LogP contribution < -0.4 is 25.4 Å². The van der Waals surface area contributed by atoms with Crippen molar-refractivity contribution in [3.05, 3.63) is 95.4 Å². The van der Waals surface area contributed by atoms with Gasteiger partial charge >= 0.3 is 0 Å². The van der Waals surface area contributed by atoms with E-state index in [0.29, 0.717) is 30.8 Å². The van der Waals surface area contributed by atoms with Crippen LogP contribution in [-0.4, -0.2) is 24.4 Å². The Labute approximate surface area is 196 Å². The standard InChI is InChI=1S/C25H24N4O3S/c26-24-18-33-25(28-24)29-27-16-20-7-4-8-23(15-20)31-14-13-30-21-9-11-22(12-10-21)32-17-19-5-2-1-3-6-19/h1-12,15-16,18H,13-14,17,26H2,(H,28,29). The van der Waals surface area contributed by atoms with Crippen LogP contribution in [0.4, 0.5) is 10.9 Å². The van der Waals surface area contributed by atoms with Gasteiger partial charge in [0.25, 0.3) is 0 Å². The number of hydrazone groups is 1. The van der Waals surface area contributed by atoms with E-state index in [1.807, 2.05) is 78.9 Å². The predicted octanol–water partition coefficient (Wildman–Crippen LogP) is 5.21. The first-order valence-electron chi connectivity index (χ1n) is 10.4. The molecule has 0 spiro atoms. The molecule has 0 radical (unpaired) electrons. The van der Waals surface area contributed by atoms with Gasteiger partial charge in [-0.25, -0.2) is 4.98 Å². The summed E-state index contributed by atoms with van der Waals surface area (Å²) in [5, 5.41) is 6.56. The van der Waals surface area contributed by atoms with E-state index < -0.39 is 0 Å². The van der Waals surface area contributed by atoms with Gasteiger partial charge in [-0.05, 0) is 47.5 Å². The minimum Gasteiger partial charge on any atom is -0.490 e. The first-order valence-corrected chi connectivity index (χ1v) is 11.2. The van der Waals surface area contributed by atoms with Crippen molar-refractivity contribution < 1.29 is 14.2 Å². The second-order valence-corrected chi connectivity index (χ2v) is 7.82. The average molecular weight is 461 g/mol. The first kappa shape index (κ1) is 22.2. The smallest absolute Gasteiger partial charge is 0.205 e. The number of benzene rings is 3. The summed E-state index contributed by atoms with van der Waals surface area (Å²) in [5.41, 5.74) is 10.5. The highest BCUT2D eigenvalue weighted by Gasteiger charge is 2.00. The Balaban J connectivity index is 1.18. The van der Waals surface area contributed by atoms with Crippen LogP contribution in [0.2, 0.25) is 0 Å². The summed E-state index contributed by atoms with van der Waals surface area (Å²) in [6.07, 6.45) is 1.70. The number of hydrogen-bond acceptors (Lipinski definition) is 8. The Hall–Kier alpha value is -4.04. The van der Waals surface area contributed by atoms with Crippen molar-refractivity contribution in [2.45, 2.75) is 6.61 Å². The van der Waals surface area contributed by atoms with Gasteiger partial charge in [-0.2, -0.15) is 5.10 Å². The van der Waals surface area contributed by atoms with Gasteiger partial charge in [0.2, 0.25) is 5.13 Å². The summed E-state index contributed by atoms with van der Waals surface area (Å²) < 4.78 is 17.3. The van der Waals surface area contributed by atoms with Gasteiger partial charge in [0.05, 0.1) is 6.21 Å². The van der Waals surface area contributed by atoms with Crippen molar-refractivity contribution in [1.29, 1.82) is 0 Å². The third-order valence-corrected chi connectivity index (χ3v) is 5.21. The molecule has 0 unspecified atom stereocenters. The lowest BCUT2D eigenvalue weighted by Gasteiger charge is -2.10. The van der Waals surface area contributed by atoms with Crippen LogP contribution in [-0.2, 0) is 6.61 Å². The molecule has 1 aromatic heterocycles. The molecule has 7 nitrogen and oxygen atoms in total. The normalized spacial score (nSPS) is 10.8. The summed E-state index contributed by atoms with van der Waals surface area (Å²) in [6, 6.07) is 25.3. The fraction of sp³-hybridized carbons (Fsp3) is 0.120. The molecular formula is C25H24N4O3S. The molecule has 4 rings (SSSR count). The lowest BCUT2D eigenvalue weighted by atomic mass is 10.2. The van der Waals surface area contributed by atoms with Crippen molar-refractivity contribution in [2.24, 2.45) is 5.10 Å². The van der Waals surface area contributed by atoms with Gasteiger partial charge < -0.3 is 19.9 Å². The second kappa shape index (κ2) is 11.5. The number of nitrogens with one attached hydrogen (secondary N) is 1. The van der Waals surface area contributed by atoms with Crippen molar-refractivity contribution in [3.63, 3.8) is 0 Å². The highest BCUT2D eigenvalue weighted by Crippen LogP contribution is 2.19. The maximum atomic E-state index is 5.79. The number of nitrogens with two attached hydrogens (primary N) is 1. The Bertz CT molecular complexity index is 1160. The molecule has 8 heteroatoms. The minimum absolute atomic E-state index is 0.420. The third kappa shape index (κ3) is 7.26. The lowest BCUT2D eigenvalue weighted by molar-refractivity contribution is 0.217. The van der Waals surface area contributed by atoms with Gasteiger partial charge in [0.1, 0.15) is 42.9 Å². The molecule has 0 aliphatic carbocycles. The first-order chi connectivity index (χ1) is 16.2. The van der Waals surface area contributed by atoms with Crippen molar-refractivity contribution >= 4 is 28.5 Å². The van der Waals surface area contributed by atoms with Gasteiger partial charge in [-0.15, -0.1) is 11.3 Å². The molecule has 0 saturated carbocycles. The Morgan fingerprint density at radius 1 is 0.848 bits per heavy atom. The molecule has 1 heterocycles. The van der Waals surface area contributed by atoms with Crippen molar-refractivity contribution in [1.82, 2.24) is 4.98 Å². The van der Waals surface area contributed by atoms with Crippen LogP contribution in [0.25, 0.3) is 0 Å². The number of hydrogen-bond donors (Lipinski definition) is 2. The molecule has 33 heavy (non-hydrogen) atoms. The number of nitrogen functional groups attached to an aromatic ring is 1. The topological polar surface area (TPSA) is 91.0 Å². The Kier molecular flexibility index (Phi) is 7.75. The summed E-state index contributed by atoms with van der Waals surface area (Å²) >= 11 is 1.40. The third-order valence-electron chi connectivity index (χ3n) is 4.45. The number of rotatable bonds is 11. The van der Waals surface area contributed by atoms with E-state index in [0.717, 1.165) is 28.4 Å². The zero-order valence-electron chi connectivity index (χ0n) is 17.9. The predicted molar refractivity (Wildman–Crippen MR) is 132 cm³/mol. The monoisotopic (exact) mass is 460 g/mol. The van der Waals surface area contributed by atoms with Crippen LogP contribution in [0.5, 0.6) is 17.2 Å².